The molecular weight excluding hydrogens is 435 g/mol. The highest BCUT2D eigenvalue weighted by Crippen LogP contribution is 2.32. The van der Waals surface area contributed by atoms with Crippen molar-refractivity contribution in [3.05, 3.63) is 76.5 Å². The van der Waals surface area contributed by atoms with Gasteiger partial charge in [0.05, 0.1) is 34.4 Å². The summed E-state index contributed by atoms with van der Waals surface area (Å²) in [5.41, 5.74) is 9.97. The summed E-state index contributed by atoms with van der Waals surface area (Å²) in [5, 5.41) is 8.47. The minimum absolute atomic E-state index is 0.0900. The molecule has 1 amide bonds. The van der Waals surface area contributed by atoms with Crippen molar-refractivity contribution in [2.24, 2.45) is 7.05 Å². The molecule has 0 aliphatic carbocycles. The summed E-state index contributed by atoms with van der Waals surface area (Å²) in [7, 11) is 1.85. The summed E-state index contributed by atoms with van der Waals surface area (Å²) in [6.45, 7) is 5.36. The number of carbonyl (C=O) groups is 1. The van der Waals surface area contributed by atoms with Crippen LogP contribution in [-0.2, 0) is 13.2 Å². The summed E-state index contributed by atoms with van der Waals surface area (Å²) >= 11 is 0. The quantitative estimate of drug-likeness (QED) is 0.552. The van der Waals surface area contributed by atoms with Crippen molar-refractivity contribution >= 4 is 23.0 Å². The number of aryl methyl sites for hydroxylation is 3. The van der Waals surface area contributed by atoms with Crippen molar-refractivity contribution in [3.63, 3.8) is 0 Å². The lowest BCUT2D eigenvalue weighted by molar-refractivity contribution is -0.137. The van der Waals surface area contributed by atoms with Crippen LogP contribution in [0.5, 0.6) is 0 Å². The Morgan fingerprint density at radius 3 is 2.55 bits per heavy atom. The molecule has 1 aliphatic heterocycles. The van der Waals surface area contributed by atoms with E-state index in [9.17, 15) is 18.0 Å². The molecule has 0 saturated heterocycles. The molecule has 0 radical (unpaired) electrons. The van der Waals surface area contributed by atoms with Crippen LogP contribution in [0.15, 0.2) is 42.9 Å². The third-order valence-electron chi connectivity index (χ3n) is 5.49. The second-order valence-electron chi connectivity index (χ2n) is 7.73. The van der Waals surface area contributed by atoms with E-state index in [4.69, 9.17) is 0 Å². The summed E-state index contributed by atoms with van der Waals surface area (Å²) in [5.74, 6) is -0.564. The molecule has 0 spiro atoms. The Hall–Kier alpha value is -3.86. The molecule has 172 valence electrons. The number of carbonyl (C=O) groups excluding carboxylic acids is 1. The molecule has 0 unspecified atom stereocenters. The molecule has 11 heteroatoms. The number of hydrogen-bond acceptors (Lipinski definition) is 6. The van der Waals surface area contributed by atoms with Gasteiger partial charge < -0.3 is 10.7 Å². The normalized spacial score (nSPS) is 13.7. The Labute approximate surface area is 188 Å². The van der Waals surface area contributed by atoms with Crippen LogP contribution in [-0.4, -0.2) is 20.7 Å². The van der Waals surface area contributed by atoms with Crippen molar-refractivity contribution < 1.29 is 18.0 Å². The van der Waals surface area contributed by atoms with Gasteiger partial charge in [-0.15, -0.1) is 5.53 Å². The lowest BCUT2D eigenvalue weighted by Gasteiger charge is -2.18. The van der Waals surface area contributed by atoms with Crippen LogP contribution >= 0.6 is 0 Å². The van der Waals surface area contributed by atoms with Gasteiger partial charge in [-0.25, -0.2) is 0 Å². The Balaban J connectivity index is 1.59. The largest absolute Gasteiger partial charge is 0.416 e. The van der Waals surface area contributed by atoms with E-state index in [1.165, 1.54) is 12.3 Å². The van der Waals surface area contributed by atoms with E-state index in [0.29, 0.717) is 16.9 Å². The first-order chi connectivity index (χ1) is 15.5. The van der Waals surface area contributed by atoms with E-state index in [0.717, 1.165) is 29.1 Å². The number of amides is 1. The van der Waals surface area contributed by atoms with E-state index in [2.05, 4.69) is 26.4 Å². The van der Waals surface area contributed by atoms with Gasteiger partial charge in [0.2, 0.25) is 0 Å². The van der Waals surface area contributed by atoms with Crippen molar-refractivity contribution in [2.75, 3.05) is 10.3 Å². The van der Waals surface area contributed by atoms with Crippen LogP contribution in [0.3, 0.4) is 0 Å². The van der Waals surface area contributed by atoms with E-state index in [1.54, 1.807) is 35.8 Å². The Morgan fingerprint density at radius 2 is 1.88 bits per heavy atom. The standard InChI is InChI=1S/C22H22F3N7O/c1-12-5-6-16(22(23,24)25)8-18(12)28-21(33)15-7-20(13(2)26-9-15)32-11-19(29-30-32)17-10-27-31(4)14(17)3/h5-11,29-30H,1-4H3,(H,28,33). The molecule has 3 N–H and O–H groups in total. The zero-order valence-electron chi connectivity index (χ0n) is 18.4. The number of nitrogens with zero attached hydrogens (tertiary/aromatic N) is 4. The first-order valence-electron chi connectivity index (χ1n) is 10.0. The van der Waals surface area contributed by atoms with Crippen molar-refractivity contribution in [1.82, 2.24) is 25.7 Å². The molecule has 4 rings (SSSR count). The zero-order valence-corrected chi connectivity index (χ0v) is 18.4. The molecule has 1 aliphatic rings. The number of benzene rings is 1. The number of hydrogen-bond donors (Lipinski definition) is 3. The number of halogens is 3. The zero-order chi connectivity index (χ0) is 23.9. The summed E-state index contributed by atoms with van der Waals surface area (Å²) in [6.07, 6.45) is 0.436. The molecule has 3 heterocycles. The minimum Gasteiger partial charge on any atom is -0.322 e. The van der Waals surface area contributed by atoms with Gasteiger partial charge in [0.1, 0.15) is 0 Å². The molecule has 2 aromatic heterocycles. The van der Waals surface area contributed by atoms with Gasteiger partial charge in [-0.05, 0) is 44.5 Å². The Morgan fingerprint density at radius 1 is 1.12 bits per heavy atom. The molecule has 0 saturated carbocycles. The summed E-state index contributed by atoms with van der Waals surface area (Å²) in [6, 6.07) is 4.85. The lowest BCUT2D eigenvalue weighted by atomic mass is 10.1. The molecule has 0 atom stereocenters. The number of pyridine rings is 1. The number of nitrogens with one attached hydrogen (secondary N) is 3. The topological polar surface area (TPSA) is 87.1 Å². The van der Waals surface area contributed by atoms with Gasteiger partial charge in [-0.1, -0.05) is 6.07 Å². The highest BCUT2D eigenvalue weighted by molar-refractivity contribution is 6.05. The maximum atomic E-state index is 13.1. The highest BCUT2D eigenvalue weighted by atomic mass is 19.4. The van der Waals surface area contributed by atoms with Crippen molar-refractivity contribution in [1.29, 1.82) is 0 Å². The van der Waals surface area contributed by atoms with Gasteiger partial charge in [0, 0.05) is 36.4 Å². The van der Waals surface area contributed by atoms with Crippen LogP contribution in [0, 0.1) is 20.8 Å². The number of anilines is 2. The van der Waals surface area contributed by atoms with E-state index >= 15 is 0 Å². The van der Waals surface area contributed by atoms with Gasteiger partial charge in [0.25, 0.3) is 5.91 Å². The summed E-state index contributed by atoms with van der Waals surface area (Å²) in [4.78, 5) is 17.1. The number of alkyl halides is 3. The number of aromatic nitrogens is 3. The Kier molecular flexibility index (Phi) is 5.58. The predicted molar refractivity (Wildman–Crippen MR) is 118 cm³/mol. The van der Waals surface area contributed by atoms with Crippen LogP contribution in [0.2, 0.25) is 0 Å². The van der Waals surface area contributed by atoms with Crippen molar-refractivity contribution in [2.45, 2.75) is 26.9 Å². The molecule has 33 heavy (non-hydrogen) atoms. The molecule has 8 nitrogen and oxygen atoms in total. The maximum Gasteiger partial charge on any atom is 0.416 e. The van der Waals surface area contributed by atoms with Gasteiger partial charge >= 0.3 is 6.18 Å². The van der Waals surface area contributed by atoms with Crippen LogP contribution < -0.4 is 21.3 Å². The minimum atomic E-state index is -4.50. The van der Waals surface area contributed by atoms with Crippen LogP contribution in [0.25, 0.3) is 5.70 Å². The Bertz CT molecular complexity index is 1260. The lowest BCUT2D eigenvalue weighted by Crippen LogP contribution is -2.36. The molecule has 1 aromatic carbocycles. The first kappa shape index (κ1) is 22.3. The average molecular weight is 457 g/mol. The second-order valence-corrected chi connectivity index (χ2v) is 7.73. The van der Waals surface area contributed by atoms with E-state index in [-0.39, 0.29) is 11.3 Å². The van der Waals surface area contributed by atoms with Crippen LogP contribution in [0.4, 0.5) is 24.5 Å². The average Bonchev–Trinajstić information content (AvgIpc) is 3.36. The highest BCUT2D eigenvalue weighted by Gasteiger charge is 2.31. The van der Waals surface area contributed by atoms with E-state index < -0.39 is 17.6 Å². The SMILES string of the molecule is Cc1ccc(C(F)(F)F)cc1NC(=O)c1cnc(C)c(N2C=C(c3cnn(C)c3C)NN2)c1. The number of hydrazine groups is 2. The molecule has 0 bridgehead atoms. The van der Waals surface area contributed by atoms with Gasteiger partial charge in [0.15, 0.2) is 0 Å². The first-order valence-corrected chi connectivity index (χ1v) is 10.0. The van der Waals surface area contributed by atoms with E-state index in [1.807, 2.05) is 20.2 Å². The molecule has 0 fully saturated rings. The number of rotatable bonds is 4. The smallest absolute Gasteiger partial charge is 0.322 e. The molecule has 3 aromatic rings. The predicted octanol–water partition coefficient (Wildman–Crippen LogP) is 3.84. The third-order valence-corrected chi connectivity index (χ3v) is 5.49. The van der Waals surface area contributed by atoms with Gasteiger partial charge in [-0.2, -0.15) is 18.3 Å². The fourth-order valence-electron chi connectivity index (χ4n) is 3.36. The third kappa shape index (κ3) is 4.40. The van der Waals surface area contributed by atoms with Crippen LogP contribution in [0.1, 0.15) is 38.4 Å². The fourth-order valence-corrected chi connectivity index (χ4v) is 3.36. The fraction of sp³-hybridized carbons (Fsp3) is 0.227. The molecular formula is C22H22F3N7O. The van der Waals surface area contributed by atoms with Gasteiger partial charge in [-0.3, -0.25) is 19.5 Å². The maximum absolute atomic E-state index is 13.1. The second kappa shape index (κ2) is 8.24. The van der Waals surface area contributed by atoms with Crippen molar-refractivity contribution in [3.8, 4) is 0 Å². The summed E-state index contributed by atoms with van der Waals surface area (Å²) < 4.78 is 40.9. The monoisotopic (exact) mass is 457 g/mol.